The lowest BCUT2D eigenvalue weighted by Gasteiger charge is -2.33. The van der Waals surface area contributed by atoms with Gasteiger partial charge in [0.15, 0.2) is 5.96 Å². The predicted octanol–water partition coefficient (Wildman–Crippen LogP) is 2.68. The van der Waals surface area contributed by atoms with Crippen LogP contribution in [0.3, 0.4) is 0 Å². The molecule has 116 valence electrons. The van der Waals surface area contributed by atoms with Gasteiger partial charge in [-0.25, -0.2) is 0 Å². The molecule has 1 aliphatic rings. The minimum absolute atomic E-state index is 0.646. The summed E-state index contributed by atoms with van der Waals surface area (Å²) < 4.78 is 5.80. The molecule has 0 aliphatic carbocycles. The number of hydrogen-bond acceptors (Lipinski definition) is 2. The lowest BCUT2D eigenvalue weighted by molar-refractivity contribution is 0.262. The maximum atomic E-state index is 5.80. The highest BCUT2D eigenvalue weighted by molar-refractivity contribution is 5.79. The summed E-state index contributed by atoms with van der Waals surface area (Å²) >= 11 is 0. The van der Waals surface area contributed by atoms with Crippen LogP contribution >= 0.6 is 0 Å². The van der Waals surface area contributed by atoms with Crippen LogP contribution in [0.25, 0.3) is 0 Å². The summed E-state index contributed by atoms with van der Waals surface area (Å²) in [6.45, 7) is 7.98. The number of aryl methyl sites for hydroxylation is 1. The smallest absolute Gasteiger partial charge is 0.193 e. The van der Waals surface area contributed by atoms with Crippen LogP contribution in [-0.2, 0) is 0 Å². The van der Waals surface area contributed by atoms with Gasteiger partial charge in [-0.05, 0) is 37.3 Å². The maximum absolute atomic E-state index is 5.80. The molecule has 1 fully saturated rings. The number of para-hydroxylation sites is 1. The van der Waals surface area contributed by atoms with Gasteiger partial charge in [0.2, 0.25) is 0 Å². The molecule has 0 spiro atoms. The summed E-state index contributed by atoms with van der Waals surface area (Å²) in [5.41, 5.74) is 1.17. The number of nitrogens with zero attached hydrogens (tertiary/aromatic N) is 2. The summed E-state index contributed by atoms with van der Waals surface area (Å²) in [5.74, 6) is 2.70. The second-order valence-electron chi connectivity index (χ2n) is 5.78. The van der Waals surface area contributed by atoms with Crippen LogP contribution in [0, 0.1) is 12.8 Å². The van der Waals surface area contributed by atoms with Crippen molar-refractivity contribution < 1.29 is 4.74 Å². The van der Waals surface area contributed by atoms with Gasteiger partial charge in [0.05, 0.1) is 6.54 Å². The van der Waals surface area contributed by atoms with E-state index in [9.17, 15) is 0 Å². The quantitative estimate of drug-likeness (QED) is 0.526. The van der Waals surface area contributed by atoms with E-state index in [-0.39, 0.29) is 0 Å². The summed E-state index contributed by atoms with van der Waals surface area (Å²) in [6, 6.07) is 8.11. The van der Waals surface area contributed by atoms with E-state index in [0.717, 1.165) is 37.3 Å². The molecular formula is C17H27N3O. The molecule has 1 atom stereocenters. The monoisotopic (exact) mass is 289 g/mol. The third-order valence-corrected chi connectivity index (χ3v) is 3.90. The van der Waals surface area contributed by atoms with Gasteiger partial charge in [-0.3, -0.25) is 4.99 Å². The Kier molecular flexibility index (Phi) is 5.90. The summed E-state index contributed by atoms with van der Waals surface area (Å²) in [7, 11) is 1.85. The first kappa shape index (κ1) is 15.7. The van der Waals surface area contributed by atoms with Gasteiger partial charge in [-0.15, -0.1) is 0 Å². The third kappa shape index (κ3) is 4.66. The molecule has 4 nitrogen and oxygen atoms in total. The van der Waals surface area contributed by atoms with Gasteiger partial charge in [-0.1, -0.05) is 25.1 Å². The molecule has 1 heterocycles. The summed E-state index contributed by atoms with van der Waals surface area (Å²) in [6.07, 6.45) is 2.57. The van der Waals surface area contributed by atoms with Gasteiger partial charge < -0.3 is 15.0 Å². The minimum Gasteiger partial charge on any atom is -0.491 e. The highest BCUT2D eigenvalue weighted by atomic mass is 16.5. The van der Waals surface area contributed by atoms with Crippen molar-refractivity contribution in [2.24, 2.45) is 10.9 Å². The summed E-state index contributed by atoms with van der Waals surface area (Å²) in [4.78, 5) is 6.73. The number of aliphatic imine (C=N–C) groups is 1. The number of guanidine groups is 1. The van der Waals surface area contributed by atoms with E-state index in [1.165, 1.54) is 18.4 Å². The van der Waals surface area contributed by atoms with Crippen LogP contribution in [0.1, 0.15) is 25.3 Å². The molecule has 0 bridgehead atoms. The third-order valence-electron chi connectivity index (χ3n) is 3.90. The number of hydrogen-bond donors (Lipinski definition) is 1. The normalized spacial score (nSPS) is 19.5. The topological polar surface area (TPSA) is 36.9 Å². The lowest BCUT2D eigenvalue weighted by Crippen LogP contribution is -2.47. The van der Waals surface area contributed by atoms with Crippen molar-refractivity contribution in [2.45, 2.75) is 26.7 Å². The molecule has 1 unspecified atom stereocenters. The van der Waals surface area contributed by atoms with E-state index in [2.05, 4.69) is 35.1 Å². The zero-order valence-corrected chi connectivity index (χ0v) is 13.4. The van der Waals surface area contributed by atoms with Crippen LogP contribution < -0.4 is 10.1 Å². The molecule has 1 aromatic rings. The van der Waals surface area contributed by atoms with Crippen molar-refractivity contribution in [3.8, 4) is 5.75 Å². The van der Waals surface area contributed by atoms with E-state index >= 15 is 0 Å². The predicted molar refractivity (Wildman–Crippen MR) is 88.0 cm³/mol. The number of benzene rings is 1. The van der Waals surface area contributed by atoms with E-state index in [4.69, 9.17) is 4.74 Å². The van der Waals surface area contributed by atoms with Crippen LogP contribution in [-0.4, -0.2) is 44.1 Å². The minimum atomic E-state index is 0.646. The maximum Gasteiger partial charge on any atom is 0.193 e. The molecule has 1 aliphatic heterocycles. The number of piperidine rings is 1. The Labute approximate surface area is 128 Å². The van der Waals surface area contributed by atoms with E-state index < -0.39 is 0 Å². The molecule has 1 saturated heterocycles. The SMILES string of the molecule is CN=C(NCCOc1ccccc1C)N1CCCC(C)C1. The van der Waals surface area contributed by atoms with Gasteiger partial charge in [0.25, 0.3) is 0 Å². The largest absolute Gasteiger partial charge is 0.491 e. The number of ether oxygens (including phenoxy) is 1. The van der Waals surface area contributed by atoms with Crippen molar-refractivity contribution in [3.63, 3.8) is 0 Å². The first-order chi connectivity index (χ1) is 10.2. The van der Waals surface area contributed by atoms with E-state index in [0.29, 0.717) is 6.61 Å². The molecule has 0 radical (unpaired) electrons. The van der Waals surface area contributed by atoms with Crippen molar-refractivity contribution in [1.29, 1.82) is 0 Å². The second-order valence-corrected chi connectivity index (χ2v) is 5.78. The van der Waals surface area contributed by atoms with Crippen molar-refractivity contribution in [1.82, 2.24) is 10.2 Å². The number of rotatable bonds is 4. The number of likely N-dealkylation sites (tertiary alicyclic amines) is 1. The Bertz CT molecular complexity index is 473. The fraction of sp³-hybridized carbons (Fsp3) is 0.588. The molecule has 21 heavy (non-hydrogen) atoms. The molecule has 0 amide bonds. The van der Waals surface area contributed by atoms with Crippen molar-refractivity contribution in [2.75, 3.05) is 33.3 Å². The second kappa shape index (κ2) is 7.91. The Morgan fingerprint density at radius 2 is 2.24 bits per heavy atom. The van der Waals surface area contributed by atoms with Crippen LogP contribution in [0.2, 0.25) is 0 Å². The van der Waals surface area contributed by atoms with Gasteiger partial charge >= 0.3 is 0 Å². The van der Waals surface area contributed by atoms with E-state index in [1.807, 2.05) is 25.2 Å². The molecule has 4 heteroatoms. The van der Waals surface area contributed by atoms with Crippen molar-refractivity contribution in [3.05, 3.63) is 29.8 Å². The van der Waals surface area contributed by atoms with Gasteiger partial charge in [-0.2, -0.15) is 0 Å². The molecule has 1 N–H and O–H groups in total. The van der Waals surface area contributed by atoms with Crippen LogP contribution in [0.15, 0.2) is 29.3 Å². The highest BCUT2D eigenvalue weighted by Crippen LogP contribution is 2.16. The molecule has 0 saturated carbocycles. The average Bonchev–Trinajstić information content (AvgIpc) is 2.49. The zero-order valence-electron chi connectivity index (χ0n) is 13.4. The highest BCUT2D eigenvalue weighted by Gasteiger charge is 2.18. The zero-order chi connectivity index (χ0) is 15.1. The first-order valence-electron chi connectivity index (χ1n) is 7.84. The fourth-order valence-corrected chi connectivity index (χ4v) is 2.76. The average molecular weight is 289 g/mol. The van der Waals surface area contributed by atoms with E-state index in [1.54, 1.807) is 0 Å². The Morgan fingerprint density at radius 3 is 2.95 bits per heavy atom. The standard InChI is InChI=1S/C17H27N3O/c1-14-7-6-11-20(13-14)17(18-3)19-10-12-21-16-9-5-4-8-15(16)2/h4-5,8-9,14H,6-7,10-13H2,1-3H3,(H,18,19). The lowest BCUT2D eigenvalue weighted by atomic mass is 10.0. The summed E-state index contributed by atoms with van der Waals surface area (Å²) in [5, 5.41) is 3.40. The Balaban J connectivity index is 1.75. The molecule has 2 rings (SSSR count). The van der Waals surface area contributed by atoms with Gasteiger partial charge in [0.1, 0.15) is 12.4 Å². The number of nitrogens with one attached hydrogen (secondary N) is 1. The van der Waals surface area contributed by atoms with Crippen LogP contribution in [0.4, 0.5) is 0 Å². The molecule has 0 aromatic heterocycles. The first-order valence-corrected chi connectivity index (χ1v) is 7.84. The fourth-order valence-electron chi connectivity index (χ4n) is 2.76. The Morgan fingerprint density at radius 1 is 1.43 bits per heavy atom. The Hall–Kier alpha value is -1.71. The molecule has 1 aromatic carbocycles. The molecular weight excluding hydrogens is 262 g/mol. The van der Waals surface area contributed by atoms with Crippen LogP contribution in [0.5, 0.6) is 5.75 Å². The van der Waals surface area contributed by atoms with Gasteiger partial charge in [0, 0.05) is 20.1 Å². The van der Waals surface area contributed by atoms with Crippen molar-refractivity contribution >= 4 is 5.96 Å².